The van der Waals surface area contributed by atoms with Crippen molar-refractivity contribution in [3.05, 3.63) is 33.3 Å². The van der Waals surface area contributed by atoms with Crippen LogP contribution in [0.2, 0.25) is 5.02 Å². The van der Waals surface area contributed by atoms with Gasteiger partial charge in [0.05, 0.1) is 17.3 Å². The zero-order valence-corrected chi connectivity index (χ0v) is 13.6. The third-order valence-electron chi connectivity index (χ3n) is 2.85. The van der Waals surface area contributed by atoms with Gasteiger partial charge in [0.1, 0.15) is 10.8 Å². The van der Waals surface area contributed by atoms with Crippen molar-refractivity contribution in [3.8, 4) is 5.75 Å². The lowest BCUT2D eigenvalue weighted by Gasteiger charge is -2.11. The lowest BCUT2D eigenvalue weighted by Crippen LogP contribution is -2.08. The minimum atomic E-state index is -3.46. The van der Waals surface area contributed by atoms with E-state index in [9.17, 15) is 18.5 Å². The van der Waals surface area contributed by atoms with Crippen LogP contribution in [0.25, 0.3) is 0 Å². The smallest absolute Gasteiger partial charge is 0.288 e. The van der Waals surface area contributed by atoms with Crippen molar-refractivity contribution in [2.75, 3.05) is 12.4 Å². The van der Waals surface area contributed by atoms with Gasteiger partial charge in [-0.05, 0) is 24.8 Å². The maximum atomic E-state index is 10.8. The molecule has 6 nitrogen and oxygen atoms in total. The SMILES string of the molecule is CC(CCOc1ccc([N+](=O)[O-])c(Cl)c1)CCS(=O)(=O)Cl. The summed E-state index contributed by atoms with van der Waals surface area (Å²) in [5.41, 5.74) is -0.176. The Hall–Kier alpha value is -1.05. The second kappa shape index (κ2) is 7.82. The van der Waals surface area contributed by atoms with Crippen molar-refractivity contribution in [3.63, 3.8) is 0 Å². The Morgan fingerprint density at radius 1 is 1.38 bits per heavy atom. The summed E-state index contributed by atoms with van der Waals surface area (Å²) in [6.45, 7) is 2.26. The highest BCUT2D eigenvalue weighted by Crippen LogP contribution is 2.28. The van der Waals surface area contributed by atoms with Crippen molar-refractivity contribution in [1.29, 1.82) is 0 Å². The Morgan fingerprint density at radius 3 is 2.57 bits per heavy atom. The quantitative estimate of drug-likeness (QED) is 0.403. The van der Waals surface area contributed by atoms with Crippen LogP contribution >= 0.6 is 22.3 Å². The minimum absolute atomic E-state index is 0.0128. The maximum absolute atomic E-state index is 10.8. The fourth-order valence-electron chi connectivity index (χ4n) is 1.59. The average Bonchev–Trinajstić information content (AvgIpc) is 2.35. The number of rotatable bonds is 8. The summed E-state index contributed by atoms with van der Waals surface area (Å²) in [4.78, 5) is 10.0. The number of nitrogens with zero attached hydrogens (tertiary/aromatic N) is 1. The molecule has 0 aromatic heterocycles. The van der Waals surface area contributed by atoms with E-state index in [-0.39, 0.29) is 22.4 Å². The minimum Gasteiger partial charge on any atom is -0.494 e. The molecule has 0 saturated heterocycles. The number of halogens is 2. The van der Waals surface area contributed by atoms with E-state index >= 15 is 0 Å². The molecular formula is C12H15Cl2NO5S. The predicted octanol–water partition coefficient (Wildman–Crippen LogP) is 3.61. The molecule has 1 aromatic rings. The van der Waals surface area contributed by atoms with E-state index in [1.165, 1.54) is 18.2 Å². The molecule has 118 valence electrons. The van der Waals surface area contributed by atoms with E-state index < -0.39 is 14.0 Å². The molecule has 0 bridgehead atoms. The molecule has 0 N–H and O–H groups in total. The van der Waals surface area contributed by atoms with Crippen LogP contribution in [0.4, 0.5) is 5.69 Å². The first-order valence-corrected chi connectivity index (χ1v) is 9.04. The van der Waals surface area contributed by atoms with Gasteiger partial charge in [-0.1, -0.05) is 18.5 Å². The predicted molar refractivity (Wildman–Crippen MR) is 81.6 cm³/mol. The summed E-state index contributed by atoms with van der Waals surface area (Å²) in [7, 11) is 1.67. The van der Waals surface area contributed by atoms with Crippen molar-refractivity contribution >= 4 is 37.0 Å². The standard InChI is InChI=1S/C12H15Cl2NO5S/c1-9(5-7-21(14,18)19)4-6-20-10-2-3-12(15(16)17)11(13)8-10/h2-3,8-9H,4-7H2,1H3. The molecule has 0 heterocycles. The van der Waals surface area contributed by atoms with Crippen LogP contribution in [0, 0.1) is 16.0 Å². The van der Waals surface area contributed by atoms with E-state index in [1.54, 1.807) is 0 Å². The highest BCUT2D eigenvalue weighted by molar-refractivity contribution is 8.13. The fraction of sp³-hybridized carbons (Fsp3) is 0.500. The second-order valence-corrected chi connectivity index (χ2v) is 7.95. The third-order valence-corrected chi connectivity index (χ3v) is 4.34. The fourth-order valence-corrected chi connectivity index (χ4v) is 2.78. The Kier molecular flexibility index (Phi) is 6.70. The molecule has 0 aliphatic carbocycles. The summed E-state index contributed by atoms with van der Waals surface area (Å²) in [5.74, 6) is 0.494. The van der Waals surface area contributed by atoms with Crippen LogP contribution in [0.3, 0.4) is 0 Å². The number of nitro benzene ring substituents is 1. The van der Waals surface area contributed by atoms with E-state index in [0.717, 1.165) is 0 Å². The van der Waals surface area contributed by atoms with Crippen LogP contribution in [-0.2, 0) is 9.05 Å². The van der Waals surface area contributed by atoms with Crippen molar-refractivity contribution in [2.24, 2.45) is 5.92 Å². The molecule has 1 rings (SSSR count). The van der Waals surface area contributed by atoms with Crippen molar-refractivity contribution in [1.82, 2.24) is 0 Å². The van der Waals surface area contributed by atoms with Gasteiger partial charge < -0.3 is 4.74 Å². The molecule has 1 aromatic carbocycles. The highest BCUT2D eigenvalue weighted by atomic mass is 35.7. The lowest BCUT2D eigenvalue weighted by molar-refractivity contribution is -0.384. The topological polar surface area (TPSA) is 86.5 Å². The van der Waals surface area contributed by atoms with Gasteiger partial charge >= 0.3 is 0 Å². The summed E-state index contributed by atoms with van der Waals surface area (Å²) in [6, 6.07) is 4.13. The molecule has 0 spiro atoms. The summed E-state index contributed by atoms with van der Waals surface area (Å²) in [6.07, 6.45) is 1.09. The Bertz CT molecular complexity index is 606. The average molecular weight is 356 g/mol. The molecule has 1 atom stereocenters. The first-order chi connectivity index (χ1) is 9.69. The van der Waals surface area contributed by atoms with Gasteiger partial charge in [-0.2, -0.15) is 0 Å². The largest absolute Gasteiger partial charge is 0.494 e. The molecule has 0 amide bonds. The zero-order chi connectivity index (χ0) is 16.0. The molecular weight excluding hydrogens is 341 g/mol. The van der Waals surface area contributed by atoms with Gasteiger partial charge in [0.2, 0.25) is 9.05 Å². The molecule has 0 saturated carbocycles. The van der Waals surface area contributed by atoms with Crippen LogP contribution in [0.15, 0.2) is 18.2 Å². The van der Waals surface area contributed by atoms with Gasteiger partial charge in [0.15, 0.2) is 0 Å². The Labute approximate surface area is 132 Å². The molecule has 1 unspecified atom stereocenters. The van der Waals surface area contributed by atoms with Gasteiger partial charge in [0.25, 0.3) is 5.69 Å². The molecule has 0 aliphatic rings. The maximum Gasteiger partial charge on any atom is 0.288 e. The summed E-state index contributed by atoms with van der Waals surface area (Å²) < 4.78 is 27.1. The molecule has 0 fully saturated rings. The first-order valence-electron chi connectivity index (χ1n) is 6.18. The number of hydrogen-bond acceptors (Lipinski definition) is 5. The number of benzene rings is 1. The summed E-state index contributed by atoms with van der Waals surface area (Å²) >= 11 is 5.76. The van der Waals surface area contributed by atoms with Crippen LogP contribution in [0.1, 0.15) is 19.8 Å². The second-order valence-electron chi connectivity index (χ2n) is 4.64. The number of nitro groups is 1. The van der Waals surface area contributed by atoms with Crippen LogP contribution in [0.5, 0.6) is 5.75 Å². The number of hydrogen-bond donors (Lipinski definition) is 0. The van der Waals surface area contributed by atoms with E-state index in [0.29, 0.717) is 25.2 Å². The Balaban J connectivity index is 2.42. The van der Waals surface area contributed by atoms with E-state index in [1.807, 2.05) is 6.92 Å². The molecule has 0 radical (unpaired) electrons. The number of ether oxygens (including phenoxy) is 1. The van der Waals surface area contributed by atoms with Crippen molar-refractivity contribution < 1.29 is 18.1 Å². The lowest BCUT2D eigenvalue weighted by atomic mass is 10.1. The molecule has 0 aliphatic heterocycles. The summed E-state index contributed by atoms with van der Waals surface area (Å²) in [5, 5.41) is 10.6. The van der Waals surface area contributed by atoms with Crippen LogP contribution < -0.4 is 4.74 Å². The van der Waals surface area contributed by atoms with Gasteiger partial charge in [-0.3, -0.25) is 10.1 Å². The first kappa shape index (κ1) is 18.0. The molecule has 21 heavy (non-hydrogen) atoms. The van der Waals surface area contributed by atoms with E-state index in [2.05, 4.69) is 0 Å². The third kappa shape index (κ3) is 6.97. The molecule has 9 heteroatoms. The van der Waals surface area contributed by atoms with Gasteiger partial charge in [-0.25, -0.2) is 8.42 Å². The normalized spacial score (nSPS) is 12.9. The van der Waals surface area contributed by atoms with Gasteiger partial charge in [-0.15, -0.1) is 0 Å². The van der Waals surface area contributed by atoms with E-state index in [4.69, 9.17) is 27.0 Å². The van der Waals surface area contributed by atoms with Crippen molar-refractivity contribution in [2.45, 2.75) is 19.8 Å². The van der Waals surface area contributed by atoms with Crippen LogP contribution in [-0.4, -0.2) is 25.7 Å². The monoisotopic (exact) mass is 355 g/mol. The highest BCUT2D eigenvalue weighted by Gasteiger charge is 2.13. The van der Waals surface area contributed by atoms with Gasteiger partial charge in [0, 0.05) is 22.8 Å². The zero-order valence-electron chi connectivity index (χ0n) is 11.3. The Morgan fingerprint density at radius 2 is 2.05 bits per heavy atom.